The second-order valence-corrected chi connectivity index (χ2v) is 8.89. The standard InChI is InChI=1S/C26H21N5S/c1-16-3-2-4-23(31-16)26-25(29-15-30-26)17-5-6-22-19(9-17)10-20(13-28-22)24-11-21(14-32-24)18-7-8-27-12-18/h2-7,9-11,13-15,27H,8,12H2,1H3,(H,29,30). The lowest BCUT2D eigenvalue weighted by atomic mass is 10.0. The van der Waals surface area contributed by atoms with E-state index in [1.165, 1.54) is 16.0 Å². The monoisotopic (exact) mass is 435 g/mol. The van der Waals surface area contributed by atoms with E-state index in [-0.39, 0.29) is 0 Å². The molecule has 0 amide bonds. The van der Waals surface area contributed by atoms with Crippen LogP contribution in [0.1, 0.15) is 11.3 Å². The molecule has 5 heterocycles. The van der Waals surface area contributed by atoms with Gasteiger partial charge in [-0.05, 0) is 59.8 Å². The number of benzene rings is 1. The first-order chi connectivity index (χ1) is 15.7. The van der Waals surface area contributed by atoms with Crippen LogP contribution in [0, 0.1) is 6.92 Å². The summed E-state index contributed by atoms with van der Waals surface area (Å²) >= 11 is 1.77. The Morgan fingerprint density at radius 1 is 0.969 bits per heavy atom. The van der Waals surface area contributed by atoms with Crippen LogP contribution >= 0.6 is 11.3 Å². The number of nitrogens with zero attached hydrogens (tertiary/aromatic N) is 3. The van der Waals surface area contributed by atoms with Gasteiger partial charge in [-0.1, -0.05) is 18.2 Å². The van der Waals surface area contributed by atoms with Gasteiger partial charge in [0.05, 0.1) is 28.9 Å². The molecule has 0 bridgehead atoms. The van der Waals surface area contributed by atoms with Crippen LogP contribution in [0.5, 0.6) is 0 Å². The van der Waals surface area contributed by atoms with Crippen molar-refractivity contribution >= 4 is 27.8 Å². The molecular formula is C26H21N5S. The highest BCUT2D eigenvalue weighted by Gasteiger charge is 2.14. The number of nitrogens with one attached hydrogen (secondary N) is 2. The number of rotatable bonds is 4. The van der Waals surface area contributed by atoms with Crippen LogP contribution in [0.2, 0.25) is 0 Å². The van der Waals surface area contributed by atoms with Gasteiger partial charge in [-0.15, -0.1) is 11.3 Å². The lowest BCUT2D eigenvalue weighted by molar-refractivity contribution is 0.897. The molecule has 2 N–H and O–H groups in total. The molecule has 0 spiro atoms. The van der Waals surface area contributed by atoms with Crippen LogP contribution in [-0.4, -0.2) is 33.0 Å². The molecule has 156 valence electrons. The lowest BCUT2D eigenvalue weighted by Crippen LogP contribution is -2.07. The van der Waals surface area contributed by atoms with Gasteiger partial charge in [0.2, 0.25) is 0 Å². The number of H-pyrrole nitrogens is 1. The summed E-state index contributed by atoms with van der Waals surface area (Å²) in [5, 5.41) is 6.71. The summed E-state index contributed by atoms with van der Waals surface area (Å²) in [5.41, 5.74) is 9.54. The molecule has 4 aromatic heterocycles. The van der Waals surface area contributed by atoms with Gasteiger partial charge in [-0.25, -0.2) is 4.98 Å². The van der Waals surface area contributed by atoms with Crippen molar-refractivity contribution < 1.29 is 0 Å². The number of pyridine rings is 2. The highest BCUT2D eigenvalue weighted by molar-refractivity contribution is 7.13. The zero-order chi connectivity index (χ0) is 21.5. The molecule has 0 unspecified atom stereocenters. The molecule has 0 saturated heterocycles. The minimum atomic E-state index is 0.895. The smallest absolute Gasteiger partial charge is 0.0977 e. The fourth-order valence-corrected chi connectivity index (χ4v) is 5.07. The largest absolute Gasteiger partial charge is 0.343 e. The van der Waals surface area contributed by atoms with E-state index in [9.17, 15) is 0 Å². The van der Waals surface area contributed by atoms with Gasteiger partial charge in [0.1, 0.15) is 0 Å². The third-order valence-corrected chi connectivity index (χ3v) is 6.78. The molecule has 1 aromatic carbocycles. The Kier molecular flexibility index (Phi) is 4.67. The van der Waals surface area contributed by atoms with Crippen LogP contribution in [0.4, 0.5) is 0 Å². The van der Waals surface area contributed by atoms with Gasteiger partial charge in [-0.2, -0.15) is 0 Å². The average Bonchev–Trinajstić information content (AvgIpc) is 3.59. The van der Waals surface area contributed by atoms with Crippen LogP contribution < -0.4 is 5.32 Å². The summed E-state index contributed by atoms with van der Waals surface area (Å²) in [6.07, 6.45) is 5.96. The van der Waals surface area contributed by atoms with Gasteiger partial charge >= 0.3 is 0 Å². The van der Waals surface area contributed by atoms with Crippen molar-refractivity contribution in [2.45, 2.75) is 6.92 Å². The first-order valence-corrected chi connectivity index (χ1v) is 11.5. The van der Waals surface area contributed by atoms with Crippen molar-refractivity contribution in [1.29, 1.82) is 0 Å². The summed E-state index contributed by atoms with van der Waals surface area (Å²) in [7, 11) is 0. The minimum Gasteiger partial charge on any atom is -0.343 e. The van der Waals surface area contributed by atoms with Crippen molar-refractivity contribution in [2.75, 3.05) is 13.1 Å². The Bertz CT molecular complexity index is 1480. The normalized spacial score (nSPS) is 13.6. The molecule has 0 atom stereocenters. The summed E-state index contributed by atoms with van der Waals surface area (Å²) in [6, 6.07) is 16.8. The van der Waals surface area contributed by atoms with Crippen molar-refractivity contribution in [3.05, 3.63) is 83.8 Å². The molecule has 32 heavy (non-hydrogen) atoms. The molecule has 5 nitrogen and oxygen atoms in total. The Morgan fingerprint density at radius 2 is 1.91 bits per heavy atom. The summed E-state index contributed by atoms with van der Waals surface area (Å²) in [5.74, 6) is 0. The maximum atomic E-state index is 4.72. The number of fused-ring (bicyclic) bond motifs is 1. The molecule has 0 fully saturated rings. The van der Waals surface area contributed by atoms with Crippen molar-refractivity contribution in [2.24, 2.45) is 0 Å². The summed E-state index contributed by atoms with van der Waals surface area (Å²) < 4.78 is 0. The zero-order valence-electron chi connectivity index (χ0n) is 17.6. The Morgan fingerprint density at radius 3 is 2.78 bits per heavy atom. The molecule has 0 radical (unpaired) electrons. The average molecular weight is 436 g/mol. The number of imidazole rings is 1. The number of thiophene rings is 1. The molecule has 0 aliphatic carbocycles. The first-order valence-electron chi connectivity index (χ1n) is 10.6. The predicted molar refractivity (Wildman–Crippen MR) is 131 cm³/mol. The Hall–Kier alpha value is -3.61. The molecule has 1 aliphatic heterocycles. The quantitative estimate of drug-likeness (QED) is 0.379. The second kappa shape index (κ2) is 7.82. The molecule has 0 saturated carbocycles. The third-order valence-electron chi connectivity index (χ3n) is 5.80. The highest BCUT2D eigenvalue weighted by Crippen LogP contribution is 2.34. The van der Waals surface area contributed by atoms with E-state index in [0.717, 1.165) is 57.9 Å². The fraction of sp³-hybridized carbons (Fsp3) is 0.115. The first kappa shape index (κ1) is 19.1. The van der Waals surface area contributed by atoms with Gasteiger partial charge in [-0.3, -0.25) is 9.97 Å². The Balaban J connectivity index is 1.39. The lowest BCUT2D eigenvalue weighted by Gasteiger charge is -2.06. The SMILES string of the molecule is Cc1cccc(-c2[nH]cnc2-c2ccc3ncc(-c4cc(C5=CCNC5)cs4)cc3c2)n1. The third kappa shape index (κ3) is 3.43. The number of hydrogen-bond acceptors (Lipinski definition) is 5. The fourth-order valence-electron chi connectivity index (χ4n) is 4.15. The number of aromatic amines is 1. The van der Waals surface area contributed by atoms with E-state index < -0.39 is 0 Å². The van der Waals surface area contributed by atoms with Gasteiger partial charge in [0, 0.05) is 46.4 Å². The molecular weight excluding hydrogens is 414 g/mol. The number of aryl methyl sites for hydroxylation is 1. The van der Waals surface area contributed by atoms with Crippen LogP contribution in [0.3, 0.4) is 0 Å². The second-order valence-electron chi connectivity index (χ2n) is 7.98. The van der Waals surface area contributed by atoms with E-state index in [4.69, 9.17) is 4.98 Å². The van der Waals surface area contributed by atoms with Crippen molar-refractivity contribution in [3.8, 4) is 33.1 Å². The topological polar surface area (TPSA) is 66.5 Å². The molecule has 5 aromatic rings. The summed E-state index contributed by atoms with van der Waals surface area (Å²) in [4.78, 5) is 18.5. The predicted octanol–water partition coefficient (Wildman–Crippen LogP) is 5.71. The number of hydrogen-bond donors (Lipinski definition) is 2. The van der Waals surface area contributed by atoms with E-state index in [2.05, 4.69) is 62.1 Å². The van der Waals surface area contributed by atoms with Crippen molar-refractivity contribution in [1.82, 2.24) is 25.3 Å². The number of aromatic nitrogens is 4. The van der Waals surface area contributed by atoms with Crippen molar-refractivity contribution in [3.63, 3.8) is 0 Å². The highest BCUT2D eigenvalue weighted by atomic mass is 32.1. The molecule has 6 rings (SSSR count). The van der Waals surface area contributed by atoms with Gasteiger partial charge in [0.25, 0.3) is 0 Å². The molecule has 1 aliphatic rings. The van der Waals surface area contributed by atoms with Crippen LogP contribution in [0.15, 0.2) is 72.5 Å². The van der Waals surface area contributed by atoms with Crippen LogP contribution in [-0.2, 0) is 0 Å². The van der Waals surface area contributed by atoms with E-state index in [1.54, 1.807) is 17.7 Å². The van der Waals surface area contributed by atoms with E-state index >= 15 is 0 Å². The van der Waals surface area contributed by atoms with Gasteiger partial charge in [0.15, 0.2) is 0 Å². The maximum absolute atomic E-state index is 4.72. The molecule has 6 heteroatoms. The van der Waals surface area contributed by atoms with Crippen LogP contribution in [0.25, 0.3) is 49.6 Å². The van der Waals surface area contributed by atoms with Gasteiger partial charge < -0.3 is 10.3 Å². The van der Waals surface area contributed by atoms with E-state index in [0.29, 0.717) is 0 Å². The Labute approximate surface area is 189 Å². The summed E-state index contributed by atoms with van der Waals surface area (Å²) in [6.45, 7) is 3.89. The minimum absolute atomic E-state index is 0.895. The van der Waals surface area contributed by atoms with E-state index in [1.807, 2.05) is 31.3 Å². The zero-order valence-corrected chi connectivity index (χ0v) is 18.4. The maximum Gasteiger partial charge on any atom is 0.0977 e.